The average Bonchev–Trinajstić information content (AvgIpc) is 3.25. The van der Waals surface area contributed by atoms with Crippen LogP contribution in [0.2, 0.25) is 0 Å². The van der Waals surface area contributed by atoms with Gasteiger partial charge in [-0.15, -0.1) is 0 Å². The van der Waals surface area contributed by atoms with Crippen molar-refractivity contribution >= 4 is 53.7 Å². The Morgan fingerprint density at radius 1 is 0.692 bits per heavy atom. The first-order valence-electron chi connectivity index (χ1n) is 8.69. The number of aromatic nitrogens is 2. The maximum Gasteiger partial charge on any atom is 0.0468 e. The summed E-state index contributed by atoms with van der Waals surface area (Å²) in [5.74, 6) is 0. The Balaban J connectivity index is 1.40. The van der Waals surface area contributed by atoms with E-state index in [4.69, 9.17) is 0 Å². The molecular formula is C20H18Br2N4. The molecule has 4 N–H and O–H groups in total. The van der Waals surface area contributed by atoms with Gasteiger partial charge in [-0.2, -0.15) is 0 Å². The van der Waals surface area contributed by atoms with Crippen LogP contribution in [-0.4, -0.2) is 23.1 Å². The van der Waals surface area contributed by atoms with Gasteiger partial charge in [0.15, 0.2) is 0 Å². The van der Waals surface area contributed by atoms with Gasteiger partial charge in [-0.25, -0.2) is 0 Å². The highest BCUT2D eigenvalue weighted by molar-refractivity contribution is 9.10. The molecule has 0 bridgehead atoms. The summed E-state index contributed by atoms with van der Waals surface area (Å²) in [4.78, 5) is 6.77. The molecule has 1 fully saturated rings. The predicted octanol–water partition coefficient (Wildman–Crippen LogP) is 5.15. The van der Waals surface area contributed by atoms with Crippen molar-refractivity contribution in [3.63, 3.8) is 0 Å². The summed E-state index contributed by atoms with van der Waals surface area (Å²) in [5, 5.41) is 10.00. The van der Waals surface area contributed by atoms with E-state index in [0.717, 1.165) is 22.0 Å². The number of piperazine rings is 1. The summed E-state index contributed by atoms with van der Waals surface area (Å²) in [5.41, 5.74) is 4.98. The summed E-state index contributed by atoms with van der Waals surface area (Å²) in [6.45, 7) is 1.79. The van der Waals surface area contributed by atoms with Gasteiger partial charge in [-0.05, 0) is 47.5 Å². The van der Waals surface area contributed by atoms with Crippen LogP contribution in [0, 0.1) is 0 Å². The molecule has 0 spiro atoms. The highest BCUT2D eigenvalue weighted by Gasteiger charge is 2.25. The summed E-state index contributed by atoms with van der Waals surface area (Å²) >= 11 is 7.17. The number of rotatable bonds is 2. The van der Waals surface area contributed by atoms with Crippen LogP contribution in [0.3, 0.4) is 0 Å². The predicted molar refractivity (Wildman–Crippen MR) is 113 cm³/mol. The van der Waals surface area contributed by atoms with Crippen molar-refractivity contribution < 1.29 is 0 Å². The lowest BCUT2D eigenvalue weighted by molar-refractivity contribution is 0.359. The molecule has 2 atom stereocenters. The van der Waals surface area contributed by atoms with Crippen molar-refractivity contribution in [2.75, 3.05) is 13.1 Å². The van der Waals surface area contributed by atoms with Crippen LogP contribution in [0.4, 0.5) is 0 Å². The van der Waals surface area contributed by atoms with Gasteiger partial charge >= 0.3 is 0 Å². The maximum absolute atomic E-state index is 3.73. The van der Waals surface area contributed by atoms with Gasteiger partial charge in [0.25, 0.3) is 0 Å². The molecule has 132 valence electrons. The summed E-state index contributed by atoms with van der Waals surface area (Å²) in [7, 11) is 0. The third kappa shape index (κ3) is 2.81. The number of fused-ring (bicyclic) bond motifs is 2. The molecule has 1 aliphatic rings. The molecule has 6 heteroatoms. The van der Waals surface area contributed by atoms with Crippen LogP contribution in [0.5, 0.6) is 0 Å². The van der Waals surface area contributed by atoms with Crippen LogP contribution in [0.25, 0.3) is 21.8 Å². The van der Waals surface area contributed by atoms with Gasteiger partial charge in [-0.3, -0.25) is 0 Å². The molecule has 5 rings (SSSR count). The fourth-order valence-electron chi connectivity index (χ4n) is 3.91. The summed E-state index contributed by atoms with van der Waals surface area (Å²) in [6.07, 6.45) is 4.25. The molecule has 0 amide bonds. The molecule has 0 saturated carbocycles. The Morgan fingerprint density at radius 3 is 1.58 bits per heavy atom. The van der Waals surface area contributed by atoms with Crippen LogP contribution in [0.15, 0.2) is 57.7 Å². The van der Waals surface area contributed by atoms with E-state index in [-0.39, 0.29) is 0 Å². The molecule has 26 heavy (non-hydrogen) atoms. The lowest BCUT2D eigenvalue weighted by Crippen LogP contribution is -2.44. The maximum atomic E-state index is 3.73. The molecule has 4 nitrogen and oxygen atoms in total. The Bertz CT molecular complexity index is 1000. The second-order valence-corrected chi connectivity index (χ2v) is 8.62. The number of benzene rings is 2. The minimum absolute atomic E-state index is 0.297. The normalized spacial score (nSPS) is 20.8. The molecule has 2 aromatic carbocycles. The van der Waals surface area contributed by atoms with Crippen LogP contribution in [0.1, 0.15) is 23.2 Å². The Morgan fingerprint density at radius 2 is 1.15 bits per heavy atom. The Labute approximate surface area is 168 Å². The Hall–Kier alpha value is -1.60. The van der Waals surface area contributed by atoms with E-state index in [2.05, 4.69) is 101 Å². The van der Waals surface area contributed by atoms with Gasteiger partial charge in [0.1, 0.15) is 0 Å². The SMILES string of the molecule is Brc1ccc2[nH]cc([C@@H]3CN[C@@H](c4c[nH]c5ccc(Br)cc45)CN3)c2c1. The standard InChI is InChI=1S/C20H18Br2N4/c21-11-1-3-17-13(5-11)15(7-23-17)19-9-26-20(10-25-19)16-8-24-18-4-2-12(22)6-14(16)18/h1-8,19-20,23-26H,9-10H2/t19-,20+. The van der Waals surface area contributed by atoms with Crippen LogP contribution in [-0.2, 0) is 0 Å². The molecule has 4 aromatic rings. The molecule has 3 heterocycles. The fourth-order valence-corrected chi connectivity index (χ4v) is 4.63. The second-order valence-electron chi connectivity index (χ2n) is 6.79. The highest BCUT2D eigenvalue weighted by Crippen LogP contribution is 2.31. The molecule has 2 aromatic heterocycles. The average molecular weight is 474 g/mol. The zero-order valence-electron chi connectivity index (χ0n) is 13.9. The van der Waals surface area contributed by atoms with Gasteiger partial charge in [0.2, 0.25) is 0 Å². The number of hydrogen-bond acceptors (Lipinski definition) is 2. The van der Waals surface area contributed by atoms with Crippen molar-refractivity contribution in [3.05, 3.63) is 68.9 Å². The molecular weight excluding hydrogens is 456 g/mol. The van der Waals surface area contributed by atoms with E-state index < -0.39 is 0 Å². The lowest BCUT2D eigenvalue weighted by atomic mass is 9.99. The third-order valence-corrected chi connectivity index (χ3v) is 6.23. The molecule has 1 aliphatic heterocycles. The molecule has 0 aliphatic carbocycles. The van der Waals surface area contributed by atoms with Gasteiger partial charge in [0.05, 0.1) is 0 Å². The highest BCUT2D eigenvalue weighted by atomic mass is 79.9. The van der Waals surface area contributed by atoms with Crippen molar-refractivity contribution in [1.29, 1.82) is 0 Å². The number of halogens is 2. The molecule has 1 saturated heterocycles. The minimum atomic E-state index is 0.297. The number of nitrogens with one attached hydrogen (secondary N) is 4. The van der Waals surface area contributed by atoms with E-state index in [0.29, 0.717) is 12.1 Å². The lowest BCUT2D eigenvalue weighted by Gasteiger charge is -2.31. The van der Waals surface area contributed by atoms with E-state index in [1.807, 2.05) is 0 Å². The quantitative estimate of drug-likeness (QED) is 0.325. The zero-order chi connectivity index (χ0) is 17.7. The fraction of sp³-hybridized carbons (Fsp3) is 0.200. The summed E-state index contributed by atoms with van der Waals surface area (Å²) in [6, 6.07) is 13.3. The topological polar surface area (TPSA) is 55.6 Å². The Kier molecular flexibility index (Phi) is 4.16. The van der Waals surface area contributed by atoms with E-state index in [1.165, 1.54) is 32.9 Å². The van der Waals surface area contributed by atoms with Crippen LogP contribution < -0.4 is 10.6 Å². The monoisotopic (exact) mass is 472 g/mol. The first-order chi connectivity index (χ1) is 12.7. The van der Waals surface area contributed by atoms with E-state index in [9.17, 15) is 0 Å². The van der Waals surface area contributed by atoms with Gasteiger partial charge in [0, 0.05) is 68.3 Å². The van der Waals surface area contributed by atoms with E-state index >= 15 is 0 Å². The zero-order valence-corrected chi connectivity index (χ0v) is 17.1. The summed E-state index contributed by atoms with van der Waals surface area (Å²) < 4.78 is 2.22. The van der Waals surface area contributed by atoms with E-state index in [1.54, 1.807) is 0 Å². The number of H-pyrrole nitrogens is 2. The molecule has 0 radical (unpaired) electrons. The molecule has 0 unspecified atom stereocenters. The first kappa shape index (κ1) is 16.6. The van der Waals surface area contributed by atoms with Crippen molar-refractivity contribution in [1.82, 2.24) is 20.6 Å². The van der Waals surface area contributed by atoms with Crippen molar-refractivity contribution in [3.8, 4) is 0 Å². The second kappa shape index (κ2) is 6.53. The van der Waals surface area contributed by atoms with Crippen LogP contribution >= 0.6 is 31.9 Å². The third-order valence-electron chi connectivity index (χ3n) is 5.24. The largest absolute Gasteiger partial charge is 0.361 e. The van der Waals surface area contributed by atoms with Gasteiger partial charge < -0.3 is 20.6 Å². The van der Waals surface area contributed by atoms with Crippen molar-refractivity contribution in [2.45, 2.75) is 12.1 Å². The smallest absolute Gasteiger partial charge is 0.0468 e. The number of hydrogen-bond donors (Lipinski definition) is 4. The number of aromatic amines is 2. The van der Waals surface area contributed by atoms with Crippen molar-refractivity contribution in [2.24, 2.45) is 0 Å². The minimum Gasteiger partial charge on any atom is -0.361 e. The van der Waals surface area contributed by atoms with Gasteiger partial charge in [-0.1, -0.05) is 31.9 Å². The first-order valence-corrected chi connectivity index (χ1v) is 10.3.